The lowest BCUT2D eigenvalue weighted by Gasteiger charge is -2.35. The monoisotopic (exact) mass is 246 g/mol. The van der Waals surface area contributed by atoms with Gasteiger partial charge in [0.1, 0.15) is 0 Å². The number of hydrogen-bond acceptors (Lipinski definition) is 2. The van der Waals surface area contributed by atoms with Gasteiger partial charge in [-0.25, -0.2) is 0 Å². The highest BCUT2D eigenvalue weighted by Crippen LogP contribution is 2.23. The molecule has 2 rings (SSSR count). The van der Waals surface area contributed by atoms with E-state index < -0.39 is 0 Å². The van der Waals surface area contributed by atoms with Gasteiger partial charge in [-0.15, -0.1) is 0 Å². The van der Waals surface area contributed by atoms with E-state index >= 15 is 0 Å². The number of carbonyl (C=O) groups excluding carboxylic acids is 1. The normalized spacial score (nSPS) is 24.0. The second kappa shape index (κ2) is 5.42. The summed E-state index contributed by atoms with van der Waals surface area (Å²) in [5.41, 5.74) is 7.46. The second-order valence-corrected chi connectivity index (χ2v) is 5.50. The van der Waals surface area contributed by atoms with Gasteiger partial charge in [0.15, 0.2) is 0 Å². The van der Waals surface area contributed by atoms with Gasteiger partial charge in [-0.05, 0) is 36.0 Å². The van der Waals surface area contributed by atoms with Crippen molar-refractivity contribution in [2.24, 2.45) is 11.8 Å². The molecule has 2 atom stereocenters. The zero-order chi connectivity index (χ0) is 13.1. The summed E-state index contributed by atoms with van der Waals surface area (Å²) < 4.78 is 0. The van der Waals surface area contributed by atoms with Crippen LogP contribution in [0.2, 0.25) is 0 Å². The third kappa shape index (κ3) is 3.03. The third-order valence-corrected chi connectivity index (χ3v) is 3.99. The standard InChI is InChI=1S/C15H22N2O/c1-11-6-7-17(10-12(11)2)15(18)9-13-4-3-5-14(16)8-13/h3-5,8,11-12H,6-7,9-10,16H2,1-2H3. The molecule has 1 amide bonds. The molecule has 0 saturated carbocycles. The Morgan fingerprint density at radius 3 is 2.83 bits per heavy atom. The first-order chi connectivity index (χ1) is 8.56. The van der Waals surface area contributed by atoms with Crippen molar-refractivity contribution in [2.75, 3.05) is 18.8 Å². The Hall–Kier alpha value is -1.51. The summed E-state index contributed by atoms with van der Waals surface area (Å²) in [5, 5.41) is 0. The number of amides is 1. The van der Waals surface area contributed by atoms with Crippen molar-refractivity contribution in [1.29, 1.82) is 0 Å². The molecule has 2 N–H and O–H groups in total. The maximum atomic E-state index is 12.2. The molecule has 1 heterocycles. The van der Waals surface area contributed by atoms with Crippen LogP contribution in [0.1, 0.15) is 25.8 Å². The number of nitrogens with zero attached hydrogens (tertiary/aromatic N) is 1. The average Bonchev–Trinajstić information content (AvgIpc) is 2.32. The first-order valence-electron chi connectivity index (χ1n) is 6.68. The van der Waals surface area contributed by atoms with E-state index in [0.717, 1.165) is 36.7 Å². The first-order valence-corrected chi connectivity index (χ1v) is 6.68. The van der Waals surface area contributed by atoms with Gasteiger partial charge < -0.3 is 10.6 Å². The quantitative estimate of drug-likeness (QED) is 0.814. The summed E-state index contributed by atoms with van der Waals surface area (Å²) in [5.74, 6) is 1.55. The van der Waals surface area contributed by atoms with Gasteiger partial charge in [-0.2, -0.15) is 0 Å². The molecule has 3 heteroatoms. The molecule has 1 fully saturated rings. The Balaban J connectivity index is 1.96. The molecular formula is C15H22N2O. The molecule has 98 valence electrons. The van der Waals surface area contributed by atoms with E-state index in [1.54, 1.807) is 0 Å². The van der Waals surface area contributed by atoms with E-state index in [4.69, 9.17) is 5.73 Å². The van der Waals surface area contributed by atoms with E-state index in [0.29, 0.717) is 12.3 Å². The molecule has 0 spiro atoms. The summed E-state index contributed by atoms with van der Waals surface area (Å²) in [6, 6.07) is 7.59. The van der Waals surface area contributed by atoms with E-state index in [1.165, 1.54) is 0 Å². The zero-order valence-corrected chi connectivity index (χ0v) is 11.2. The topological polar surface area (TPSA) is 46.3 Å². The van der Waals surface area contributed by atoms with E-state index in [-0.39, 0.29) is 5.91 Å². The number of carbonyl (C=O) groups is 1. The lowest BCUT2D eigenvalue weighted by Crippen LogP contribution is -2.42. The summed E-state index contributed by atoms with van der Waals surface area (Å²) in [7, 11) is 0. The van der Waals surface area contributed by atoms with Crippen LogP contribution in [0.5, 0.6) is 0 Å². The van der Waals surface area contributed by atoms with Crippen LogP contribution in [0.4, 0.5) is 5.69 Å². The Bertz CT molecular complexity index is 430. The summed E-state index contributed by atoms with van der Waals surface area (Å²) in [4.78, 5) is 14.2. The summed E-state index contributed by atoms with van der Waals surface area (Å²) >= 11 is 0. The van der Waals surface area contributed by atoms with Gasteiger partial charge in [0.05, 0.1) is 6.42 Å². The zero-order valence-electron chi connectivity index (χ0n) is 11.2. The number of hydrogen-bond donors (Lipinski definition) is 1. The number of benzene rings is 1. The first kappa shape index (κ1) is 12.9. The van der Waals surface area contributed by atoms with Crippen molar-refractivity contribution in [2.45, 2.75) is 26.7 Å². The average molecular weight is 246 g/mol. The van der Waals surface area contributed by atoms with Gasteiger partial charge in [-0.1, -0.05) is 26.0 Å². The number of nitrogen functional groups attached to an aromatic ring is 1. The Morgan fingerprint density at radius 1 is 1.39 bits per heavy atom. The van der Waals surface area contributed by atoms with Gasteiger partial charge in [0, 0.05) is 18.8 Å². The highest BCUT2D eigenvalue weighted by molar-refractivity contribution is 5.79. The molecule has 0 aliphatic carbocycles. The predicted molar refractivity (Wildman–Crippen MR) is 74.1 cm³/mol. The van der Waals surface area contributed by atoms with Crippen LogP contribution < -0.4 is 5.73 Å². The lowest BCUT2D eigenvalue weighted by atomic mass is 9.88. The minimum Gasteiger partial charge on any atom is -0.399 e. The van der Waals surface area contributed by atoms with Gasteiger partial charge in [-0.3, -0.25) is 4.79 Å². The van der Waals surface area contributed by atoms with E-state index in [9.17, 15) is 4.79 Å². The Labute approximate surface area is 109 Å². The smallest absolute Gasteiger partial charge is 0.226 e. The predicted octanol–water partition coefficient (Wildman–Crippen LogP) is 2.32. The third-order valence-electron chi connectivity index (χ3n) is 3.99. The van der Waals surface area contributed by atoms with E-state index in [2.05, 4.69) is 13.8 Å². The van der Waals surface area contributed by atoms with Crippen LogP contribution in [0.15, 0.2) is 24.3 Å². The molecule has 1 aliphatic heterocycles. The Morgan fingerprint density at radius 2 is 2.17 bits per heavy atom. The van der Waals surface area contributed by atoms with Gasteiger partial charge in [0.25, 0.3) is 0 Å². The largest absolute Gasteiger partial charge is 0.399 e. The summed E-state index contributed by atoms with van der Waals surface area (Å²) in [6.45, 7) is 6.28. The molecule has 1 aliphatic rings. The van der Waals surface area contributed by atoms with E-state index in [1.807, 2.05) is 29.2 Å². The van der Waals surface area contributed by atoms with Crippen molar-refractivity contribution in [3.05, 3.63) is 29.8 Å². The van der Waals surface area contributed by atoms with Crippen molar-refractivity contribution < 1.29 is 4.79 Å². The fourth-order valence-electron chi connectivity index (χ4n) is 2.48. The molecule has 1 aromatic rings. The van der Waals surface area contributed by atoms with Crippen LogP contribution in [-0.2, 0) is 11.2 Å². The minimum absolute atomic E-state index is 0.222. The minimum atomic E-state index is 0.222. The number of nitrogens with two attached hydrogens (primary N) is 1. The molecule has 3 nitrogen and oxygen atoms in total. The molecule has 2 unspecified atom stereocenters. The molecule has 0 radical (unpaired) electrons. The van der Waals surface area contributed by atoms with Crippen LogP contribution in [0.25, 0.3) is 0 Å². The van der Waals surface area contributed by atoms with Crippen LogP contribution in [0.3, 0.4) is 0 Å². The van der Waals surface area contributed by atoms with Crippen LogP contribution in [0, 0.1) is 11.8 Å². The van der Waals surface area contributed by atoms with Crippen molar-refractivity contribution in [3.8, 4) is 0 Å². The number of anilines is 1. The van der Waals surface area contributed by atoms with Crippen molar-refractivity contribution in [3.63, 3.8) is 0 Å². The fraction of sp³-hybridized carbons (Fsp3) is 0.533. The number of rotatable bonds is 2. The molecule has 0 aromatic heterocycles. The van der Waals surface area contributed by atoms with Crippen molar-refractivity contribution >= 4 is 11.6 Å². The molecular weight excluding hydrogens is 224 g/mol. The molecule has 0 bridgehead atoms. The maximum Gasteiger partial charge on any atom is 0.226 e. The van der Waals surface area contributed by atoms with Crippen molar-refractivity contribution in [1.82, 2.24) is 4.90 Å². The van der Waals surface area contributed by atoms with Gasteiger partial charge >= 0.3 is 0 Å². The summed E-state index contributed by atoms with van der Waals surface area (Å²) in [6.07, 6.45) is 1.58. The molecule has 1 aromatic carbocycles. The van der Waals surface area contributed by atoms with Crippen LogP contribution in [-0.4, -0.2) is 23.9 Å². The lowest BCUT2D eigenvalue weighted by molar-refractivity contribution is -0.132. The SMILES string of the molecule is CC1CCN(C(=O)Cc2cccc(N)c2)CC1C. The second-order valence-electron chi connectivity index (χ2n) is 5.50. The molecule has 18 heavy (non-hydrogen) atoms. The fourth-order valence-corrected chi connectivity index (χ4v) is 2.48. The number of piperidine rings is 1. The molecule has 1 saturated heterocycles. The Kier molecular flexibility index (Phi) is 3.90. The van der Waals surface area contributed by atoms with Gasteiger partial charge in [0.2, 0.25) is 5.91 Å². The number of likely N-dealkylation sites (tertiary alicyclic amines) is 1. The maximum absolute atomic E-state index is 12.2. The highest BCUT2D eigenvalue weighted by Gasteiger charge is 2.25. The van der Waals surface area contributed by atoms with Crippen LogP contribution >= 0.6 is 0 Å². The highest BCUT2D eigenvalue weighted by atomic mass is 16.2.